The van der Waals surface area contributed by atoms with Crippen LogP contribution in [0.1, 0.15) is 50.5 Å². The Hall–Kier alpha value is -1.35. The molecular weight excluding hydrogens is 238 g/mol. The second kappa shape index (κ2) is 7.29. The van der Waals surface area contributed by atoms with Gasteiger partial charge in [-0.2, -0.15) is 0 Å². The molecule has 3 heteroatoms. The Morgan fingerprint density at radius 3 is 2.63 bits per heavy atom. The van der Waals surface area contributed by atoms with Crippen LogP contribution in [0.4, 0.5) is 5.69 Å². The number of rotatable bonds is 4. The summed E-state index contributed by atoms with van der Waals surface area (Å²) in [4.78, 5) is 12.0. The van der Waals surface area contributed by atoms with Gasteiger partial charge in [-0.05, 0) is 36.5 Å². The van der Waals surface area contributed by atoms with E-state index in [4.69, 9.17) is 5.11 Å². The average Bonchev–Trinajstić information content (AvgIpc) is 2.67. The maximum atomic E-state index is 12.0. The third-order valence-electron chi connectivity index (χ3n) is 3.84. The molecule has 1 aromatic carbocycles. The van der Waals surface area contributed by atoms with Gasteiger partial charge in [-0.15, -0.1) is 0 Å². The van der Waals surface area contributed by atoms with Gasteiger partial charge in [0.15, 0.2) is 0 Å². The second-order valence-corrected chi connectivity index (χ2v) is 5.47. The van der Waals surface area contributed by atoms with Gasteiger partial charge in [0.25, 0.3) is 0 Å². The zero-order chi connectivity index (χ0) is 13.5. The fourth-order valence-corrected chi connectivity index (χ4v) is 2.79. The van der Waals surface area contributed by atoms with Crippen molar-refractivity contribution in [1.82, 2.24) is 0 Å². The number of amides is 1. The van der Waals surface area contributed by atoms with Crippen molar-refractivity contribution >= 4 is 11.6 Å². The van der Waals surface area contributed by atoms with Crippen molar-refractivity contribution in [2.45, 2.75) is 51.6 Å². The predicted octanol–water partition coefficient (Wildman–Crippen LogP) is 3.48. The zero-order valence-corrected chi connectivity index (χ0v) is 11.4. The Kier molecular flexibility index (Phi) is 5.40. The highest BCUT2D eigenvalue weighted by atomic mass is 16.3. The molecule has 0 bridgehead atoms. The first-order valence-corrected chi connectivity index (χ1v) is 7.27. The van der Waals surface area contributed by atoms with E-state index in [0.29, 0.717) is 12.3 Å². The van der Waals surface area contributed by atoms with Crippen LogP contribution in [0.15, 0.2) is 24.3 Å². The van der Waals surface area contributed by atoms with Crippen LogP contribution < -0.4 is 5.32 Å². The third kappa shape index (κ3) is 4.67. The van der Waals surface area contributed by atoms with Crippen molar-refractivity contribution < 1.29 is 9.90 Å². The number of aliphatic hydroxyl groups excluding tert-OH is 1. The lowest BCUT2D eigenvalue weighted by atomic mass is 9.96. The van der Waals surface area contributed by atoms with Gasteiger partial charge >= 0.3 is 0 Å². The normalized spacial score (nSPS) is 16.9. The summed E-state index contributed by atoms with van der Waals surface area (Å²) in [6.45, 7) is 0.00629. The molecule has 1 aliphatic rings. The molecular formula is C16H23NO2. The van der Waals surface area contributed by atoms with Gasteiger partial charge in [-0.25, -0.2) is 0 Å². The smallest absolute Gasteiger partial charge is 0.224 e. The van der Waals surface area contributed by atoms with Gasteiger partial charge in [0, 0.05) is 12.1 Å². The molecule has 2 N–H and O–H groups in total. The maximum Gasteiger partial charge on any atom is 0.224 e. The quantitative estimate of drug-likeness (QED) is 0.815. The van der Waals surface area contributed by atoms with Gasteiger partial charge in [0.05, 0.1) is 6.61 Å². The molecule has 0 spiro atoms. The Balaban J connectivity index is 1.85. The SMILES string of the molecule is O=C(CC1CCCCCC1)Nc1cccc(CO)c1. The lowest BCUT2D eigenvalue weighted by Crippen LogP contribution is -2.16. The second-order valence-electron chi connectivity index (χ2n) is 5.47. The van der Waals surface area contributed by atoms with Crippen LogP contribution in [0.2, 0.25) is 0 Å². The summed E-state index contributed by atoms with van der Waals surface area (Å²) in [7, 11) is 0. The molecule has 2 rings (SSSR count). The van der Waals surface area contributed by atoms with Crippen LogP contribution in [-0.4, -0.2) is 11.0 Å². The Morgan fingerprint density at radius 2 is 1.95 bits per heavy atom. The van der Waals surface area contributed by atoms with Crippen LogP contribution in [0.25, 0.3) is 0 Å². The van der Waals surface area contributed by atoms with Gasteiger partial charge in [0.2, 0.25) is 5.91 Å². The fourth-order valence-electron chi connectivity index (χ4n) is 2.79. The number of benzene rings is 1. The molecule has 1 amide bonds. The van der Waals surface area contributed by atoms with Crippen LogP contribution in [0.5, 0.6) is 0 Å². The summed E-state index contributed by atoms with van der Waals surface area (Å²) in [6.07, 6.45) is 8.15. The summed E-state index contributed by atoms with van der Waals surface area (Å²) in [6, 6.07) is 7.39. The number of nitrogens with one attached hydrogen (secondary N) is 1. The molecule has 1 aliphatic carbocycles. The number of hydrogen-bond donors (Lipinski definition) is 2. The van der Waals surface area contributed by atoms with E-state index in [1.165, 1.54) is 38.5 Å². The molecule has 0 heterocycles. The first-order valence-electron chi connectivity index (χ1n) is 7.27. The van der Waals surface area contributed by atoms with Crippen molar-refractivity contribution in [1.29, 1.82) is 0 Å². The van der Waals surface area contributed by atoms with Crippen molar-refractivity contribution in [3.8, 4) is 0 Å². The number of hydrogen-bond acceptors (Lipinski definition) is 2. The van der Waals surface area contributed by atoms with Gasteiger partial charge in [0.1, 0.15) is 0 Å². The molecule has 0 atom stereocenters. The van der Waals surface area contributed by atoms with Gasteiger partial charge < -0.3 is 10.4 Å². The fraction of sp³-hybridized carbons (Fsp3) is 0.562. The minimum Gasteiger partial charge on any atom is -0.392 e. The number of anilines is 1. The number of carbonyl (C=O) groups excluding carboxylic acids is 1. The van der Waals surface area contributed by atoms with E-state index in [-0.39, 0.29) is 12.5 Å². The summed E-state index contributed by atoms with van der Waals surface area (Å²) in [5.41, 5.74) is 1.61. The zero-order valence-electron chi connectivity index (χ0n) is 11.4. The summed E-state index contributed by atoms with van der Waals surface area (Å²) < 4.78 is 0. The molecule has 3 nitrogen and oxygen atoms in total. The molecule has 0 unspecified atom stereocenters. The minimum absolute atomic E-state index is 0.00629. The monoisotopic (exact) mass is 261 g/mol. The Morgan fingerprint density at radius 1 is 1.21 bits per heavy atom. The first kappa shape index (κ1) is 14.1. The topological polar surface area (TPSA) is 49.3 Å². The highest BCUT2D eigenvalue weighted by Gasteiger charge is 2.16. The van der Waals surface area contributed by atoms with E-state index in [1.807, 2.05) is 24.3 Å². The van der Waals surface area contributed by atoms with E-state index < -0.39 is 0 Å². The van der Waals surface area contributed by atoms with E-state index in [0.717, 1.165) is 11.3 Å². The lowest BCUT2D eigenvalue weighted by molar-refractivity contribution is -0.117. The summed E-state index contributed by atoms with van der Waals surface area (Å²) in [5, 5.41) is 12.0. The molecule has 1 saturated carbocycles. The van der Waals surface area contributed by atoms with Gasteiger partial charge in [-0.3, -0.25) is 4.79 Å². The average molecular weight is 261 g/mol. The van der Waals surface area contributed by atoms with Crippen LogP contribution in [0, 0.1) is 5.92 Å². The van der Waals surface area contributed by atoms with Crippen LogP contribution in [0.3, 0.4) is 0 Å². The van der Waals surface area contributed by atoms with Crippen molar-refractivity contribution in [2.24, 2.45) is 5.92 Å². The van der Waals surface area contributed by atoms with E-state index in [2.05, 4.69) is 5.32 Å². The van der Waals surface area contributed by atoms with Crippen molar-refractivity contribution in [2.75, 3.05) is 5.32 Å². The molecule has 19 heavy (non-hydrogen) atoms. The van der Waals surface area contributed by atoms with Crippen molar-refractivity contribution in [3.63, 3.8) is 0 Å². The highest BCUT2D eigenvalue weighted by Crippen LogP contribution is 2.25. The number of aliphatic hydroxyl groups is 1. The molecule has 1 fully saturated rings. The summed E-state index contributed by atoms with van der Waals surface area (Å²) in [5.74, 6) is 0.644. The molecule has 0 aliphatic heterocycles. The maximum absolute atomic E-state index is 12.0. The third-order valence-corrected chi connectivity index (χ3v) is 3.84. The number of carbonyl (C=O) groups is 1. The lowest BCUT2D eigenvalue weighted by Gasteiger charge is -2.13. The first-order chi connectivity index (χ1) is 9.28. The Bertz CT molecular complexity index is 409. The minimum atomic E-state index is 0.00629. The molecule has 1 aromatic rings. The largest absolute Gasteiger partial charge is 0.392 e. The Labute approximate surface area is 115 Å². The molecule has 0 aromatic heterocycles. The summed E-state index contributed by atoms with van der Waals surface area (Å²) >= 11 is 0. The van der Waals surface area contributed by atoms with Gasteiger partial charge in [-0.1, -0.05) is 37.8 Å². The van der Waals surface area contributed by atoms with Crippen molar-refractivity contribution in [3.05, 3.63) is 29.8 Å². The molecule has 0 saturated heterocycles. The van der Waals surface area contributed by atoms with E-state index in [1.54, 1.807) is 0 Å². The van der Waals surface area contributed by atoms with E-state index >= 15 is 0 Å². The molecule has 0 radical (unpaired) electrons. The predicted molar refractivity (Wildman–Crippen MR) is 76.8 cm³/mol. The standard InChI is InChI=1S/C16H23NO2/c18-12-14-8-5-9-15(10-14)17-16(19)11-13-6-3-1-2-4-7-13/h5,8-10,13,18H,1-4,6-7,11-12H2,(H,17,19). The molecule has 104 valence electrons. The van der Waals surface area contributed by atoms with Crippen LogP contribution >= 0.6 is 0 Å². The van der Waals surface area contributed by atoms with E-state index in [9.17, 15) is 4.79 Å². The highest BCUT2D eigenvalue weighted by molar-refractivity contribution is 5.90. The van der Waals surface area contributed by atoms with Crippen LogP contribution in [-0.2, 0) is 11.4 Å².